The van der Waals surface area contributed by atoms with E-state index in [9.17, 15) is 10.1 Å². The maximum atomic E-state index is 12.4. The van der Waals surface area contributed by atoms with Gasteiger partial charge >= 0.3 is 6.09 Å². The molecule has 2 N–H and O–H groups in total. The van der Waals surface area contributed by atoms with E-state index >= 15 is 0 Å². The molecule has 196 valence electrons. The van der Waals surface area contributed by atoms with Gasteiger partial charge in [0.15, 0.2) is 0 Å². The fraction of sp³-hybridized carbons (Fsp3) is 0.367. The first-order chi connectivity index (χ1) is 18.1. The molecule has 3 aromatic carbocycles. The molecule has 1 aliphatic rings. The number of nitrogen functional groups attached to an aromatic ring is 1. The van der Waals surface area contributed by atoms with Gasteiger partial charge in [0.05, 0.1) is 28.4 Å². The highest BCUT2D eigenvalue weighted by molar-refractivity contribution is 5.91. The number of ether oxygens (including phenoxy) is 2. The average Bonchev–Trinajstić information content (AvgIpc) is 3.17. The van der Waals surface area contributed by atoms with Crippen molar-refractivity contribution in [2.24, 2.45) is 0 Å². The summed E-state index contributed by atoms with van der Waals surface area (Å²) in [6, 6.07) is 18.0. The molecule has 0 radical (unpaired) electrons. The van der Waals surface area contributed by atoms with E-state index in [1.54, 1.807) is 4.90 Å². The second-order valence-corrected chi connectivity index (χ2v) is 10.8. The molecule has 4 aromatic rings. The summed E-state index contributed by atoms with van der Waals surface area (Å²) in [6.07, 6.45) is 1.07. The average molecular weight is 512 g/mol. The number of likely N-dealkylation sites (tertiary alicyclic amines) is 1. The minimum absolute atomic E-state index is 0.0478. The molecule has 0 spiro atoms. The number of nitriles is 1. The summed E-state index contributed by atoms with van der Waals surface area (Å²) < 4.78 is 14.0. The smallest absolute Gasteiger partial charge is 0.410 e. The van der Waals surface area contributed by atoms with Crippen molar-refractivity contribution in [3.63, 3.8) is 0 Å². The van der Waals surface area contributed by atoms with Crippen LogP contribution in [-0.2, 0) is 11.3 Å². The van der Waals surface area contributed by atoms with Crippen LogP contribution in [0, 0.1) is 18.3 Å². The summed E-state index contributed by atoms with van der Waals surface area (Å²) in [5, 5.41) is 11.5. The third kappa shape index (κ3) is 5.10. The molecule has 1 fully saturated rings. The zero-order chi connectivity index (χ0) is 27.0. The molecule has 0 saturated carbocycles. The van der Waals surface area contributed by atoms with Gasteiger partial charge in [-0.15, -0.1) is 0 Å². The first-order valence-corrected chi connectivity index (χ1v) is 12.9. The number of piperidine rings is 1. The molecule has 1 amide bonds. The van der Waals surface area contributed by atoms with E-state index in [2.05, 4.69) is 16.7 Å². The van der Waals surface area contributed by atoms with Gasteiger partial charge < -0.3 is 24.7 Å². The summed E-state index contributed by atoms with van der Waals surface area (Å²) in [5.74, 6) is 1.50. The molecule has 0 aliphatic carbocycles. The topological polar surface area (TPSA) is 106 Å². The van der Waals surface area contributed by atoms with Crippen LogP contribution in [0.15, 0.2) is 48.5 Å². The number of benzene rings is 3. The molecule has 8 heteroatoms. The zero-order valence-corrected chi connectivity index (χ0v) is 22.3. The lowest BCUT2D eigenvalue weighted by molar-refractivity contribution is 0.0127. The molecule has 1 saturated heterocycles. The Morgan fingerprint density at radius 1 is 1.13 bits per heavy atom. The second kappa shape index (κ2) is 9.90. The van der Waals surface area contributed by atoms with Gasteiger partial charge in [0.1, 0.15) is 23.3 Å². The van der Waals surface area contributed by atoms with Crippen LogP contribution in [0.1, 0.15) is 50.6 Å². The molecule has 5 rings (SSSR count). The van der Waals surface area contributed by atoms with Gasteiger partial charge in [0, 0.05) is 38.5 Å². The van der Waals surface area contributed by atoms with E-state index < -0.39 is 5.60 Å². The predicted octanol–water partition coefficient (Wildman–Crippen LogP) is 5.78. The van der Waals surface area contributed by atoms with Crippen molar-refractivity contribution in [3.05, 3.63) is 65.5 Å². The monoisotopic (exact) mass is 511 g/mol. The molecule has 0 atom stereocenters. The van der Waals surface area contributed by atoms with E-state index in [0.717, 1.165) is 33.2 Å². The Hall–Kier alpha value is -4.25. The number of nitrogens with two attached hydrogens (primary N) is 1. The lowest BCUT2D eigenvalue weighted by atomic mass is 10.00. The third-order valence-corrected chi connectivity index (χ3v) is 6.92. The molecule has 8 nitrogen and oxygen atoms in total. The maximum Gasteiger partial charge on any atom is 0.410 e. The summed E-state index contributed by atoms with van der Waals surface area (Å²) in [6.45, 7) is 9.35. The largest absolute Gasteiger partial charge is 0.488 e. The van der Waals surface area contributed by atoms with Crippen molar-refractivity contribution in [1.82, 2.24) is 14.5 Å². The first-order valence-electron chi connectivity index (χ1n) is 12.9. The first kappa shape index (κ1) is 25.4. The molecule has 0 bridgehead atoms. The number of aryl methyl sites for hydroxylation is 1. The lowest BCUT2D eigenvalue weighted by Gasteiger charge is -2.33. The SMILES string of the molecule is Cc1nc2cc(N)c(OC3CCN(C(=O)OC(C)(C)C)CC3)cc2n1Cc1ccc(C#N)c2ccccc12. The Balaban J connectivity index is 1.38. The van der Waals surface area contributed by atoms with Crippen molar-refractivity contribution in [2.75, 3.05) is 18.8 Å². The number of carbonyl (C=O) groups is 1. The summed E-state index contributed by atoms with van der Waals surface area (Å²) in [7, 11) is 0. The standard InChI is InChI=1S/C30H33N5O3/c1-19-33-26-15-25(32)28(37-22-11-13-34(14-12-22)29(36)38-30(2,3)4)16-27(26)35(19)18-21-10-9-20(17-31)23-7-5-6-8-24(21)23/h5-10,15-16,22H,11-14,18,32H2,1-4H3. The fourth-order valence-corrected chi connectivity index (χ4v) is 5.02. The van der Waals surface area contributed by atoms with Crippen LogP contribution in [0.5, 0.6) is 5.75 Å². The number of imidazole rings is 1. The van der Waals surface area contributed by atoms with E-state index in [0.29, 0.717) is 49.5 Å². The Labute approximate surface area is 222 Å². The summed E-state index contributed by atoms with van der Waals surface area (Å²) >= 11 is 0. The van der Waals surface area contributed by atoms with Crippen molar-refractivity contribution in [2.45, 2.75) is 58.8 Å². The van der Waals surface area contributed by atoms with Gasteiger partial charge in [-0.3, -0.25) is 0 Å². The maximum absolute atomic E-state index is 12.4. The van der Waals surface area contributed by atoms with Gasteiger partial charge in [-0.25, -0.2) is 9.78 Å². The number of fused-ring (bicyclic) bond motifs is 2. The zero-order valence-electron chi connectivity index (χ0n) is 22.3. The number of amides is 1. The van der Waals surface area contributed by atoms with E-state index in [-0.39, 0.29) is 12.2 Å². The number of nitrogens with zero attached hydrogens (tertiary/aromatic N) is 4. The molecule has 2 heterocycles. The van der Waals surface area contributed by atoms with Crippen molar-refractivity contribution in [1.29, 1.82) is 5.26 Å². The highest BCUT2D eigenvalue weighted by atomic mass is 16.6. The van der Waals surface area contributed by atoms with Crippen LogP contribution < -0.4 is 10.5 Å². The Morgan fingerprint density at radius 2 is 1.84 bits per heavy atom. The van der Waals surface area contributed by atoms with E-state index in [4.69, 9.17) is 20.2 Å². The van der Waals surface area contributed by atoms with Crippen LogP contribution in [0.3, 0.4) is 0 Å². The summed E-state index contributed by atoms with van der Waals surface area (Å²) in [4.78, 5) is 18.9. The van der Waals surface area contributed by atoms with Crippen molar-refractivity contribution >= 4 is 33.6 Å². The van der Waals surface area contributed by atoms with Crippen molar-refractivity contribution < 1.29 is 14.3 Å². The van der Waals surface area contributed by atoms with Gasteiger partial charge in [-0.2, -0.15) is 5.26 Å². The molecular weight excluding hydrogens is 478 g/mol. The van der Waals surface area contributed by atoms with Crippen LogP contribution in [0.2, 0.25) is 0 Å². The van der Waals surface area contributed by atoms with Crippen LogP contribution >= 0.6 is 0 Å². The van der Waals surface area contributed by atoms with E-state index in [1.807, 2.05) is 70.2 Å². The molecule has 1 aliphatic heterocycles. The molecule has 38 heavy (non-hydrogen) atoms. The Kier molecular flexibility index (Phi) is 6.62. The molecule has 1 aromatic heterocycles. The highest BCUT2D eigenvalue weighted by Gasteiger charge is 2.28. The van der Waals surface area contributed by atoms with Crippen molar-refractivity contribution in [3.8, 4) is 11.8 Å². The molecular formula is C30H33N5O3. The minimum atomic E-state index is -0.514. The van der Waals surface area contributed by atoms with Gasteiger partial charge in [-0.1, -0.05) is 30.3 Å². The number of rotatable bonds is 4. The number of carbonyl (C=O) groups excluding carboxylic acids is 1. The molecule has 0 unspecified atom stereocenters. The van der Waals surface area contributed by atoms with Crippen LogP contribution in [-0.4, -0.2) is 45.3 Å². The number of hydrogen-bond acceptors (Lipinski definition) is 6. The lowest BCUT2D eigenvalue weighted by Crippen LogP contribution is -2.44. The second-order valence-electron chi connectivity index (χ2n) is 10.8. The minimum Gasteiger partial charge on any atom is -0.488 e. The Bertz CT molecular complexity index is 1550. The fourth-order valence-electron chi connectivity index (χ4n) is 5.02. The van der Waals surface area contributed by atoms with E-state index in [1.165, 1.54) is 0 Å². The van der Waals surface area contributed by atoms with Crippen LogP contribution in [0.25, 0.3) is 21.8 Å². The quantitative estimate of drug-likeness (QED) is 0.348. The Morgan fingerprint density at radius 3 is 2.53 bits per heavy atom. The third-order valence-electron chi connectivity index (χ3n) is 6.92. The van der Waals surface area contributed by atoms with Gasteiger partial charge in [-0.05, 0) is 56.2 Å². The number of aromatic nitrogens is 2. The predicted molar refractivity (Wildman–Crippen MR) is 148 cm³/mol. The summed E-state index contributed by atoms with van der Waals surface area (Å²) in [5.41, 5.74) is 9.92. The van der Waals surface area contributed by atoms with Crippen LogP contribution in [0.4, 0.5) is 10.5 Å². The van der Waals surface area contributed by atoms with Gasteiger partial charge in [0.2, 0.25) is 0 Å². The number of hydrogen-bond donors (Lipinski definition) is 1. The number of anilines is 1. The highest BCUT2D eigenvalue weighted by Crippen LogP contribution is 2.32. The van der Waals surface area contributed by atoms with Gasteiger partial charge in [0.25, 0.3) is 0 Å². The normalized spacial score (nSPS) is 14.6.